The van der Waals surface area contributed by atoms with Gasteiger partial charge in [0.05, 0.1) is 0 Å². The Morgan fingerprint density at radius 3 is 1.82 bits per heavy atom. The van der Waals surface area contributed by atoms with Crippen molar-refractivity contribution >= 4 is 17.5 Å². The highest BCUT2D eigenvalue weighted by molar-refractivity contribution is 5.90. The van der Waals surface area contributed by atoms with E-state index in [0.29, 0.717) is 36.5 Å². The predicted octanol–water partition coefficient (Wildman–Crippen LogP) is 4.38. The van der Waals surface area contributed by atoms with E-state index in [4.69, 9.17) is 9.47 Å². The third-order valence-electron chi connectivity index (χ3n) is 13.3. The van der Waals surface area contributed by atoms with Crippen molar-refractivity contribution in [2.75, 3.05) is 20.1 Å². The van der Waals surface area contributed by atoms with Crippen LogP contribution < -0.4 is 9.47 Å². The molecule has 7 nitrogen and oxygen atoms in total. The van der Waals surface area contributed by atoms with Crippen LogP contribution in [0.15, 0.2) is 24.3 Å². The third kappa shape index (κ3) is 3.15. The molecular formula is C37H42N2O5. The number of likely N-dealkylation sites (tertiary alicyclic amines) is 2. The summed E-state index contributed by atoms with van der Waals surface area (Å²) in [6, 6.07) is 9.54. The van der Waals surface area contributed by atoms with Gasteiger partial charge in [0.25, 0.3) is 0 Å². The van der Waals surface area contributed by atoms with Gasteiger partial charge in [0.2, 0.25) is 5.91 Å². The van der Waals surface area contributed by atoms with E-state index in [2.05, 4.69) is 50.1 Å². The first kappa shape index (κ1) is 27.1. The van der Waals surface area contributed by atoms with Gasteiger partial charge in [-0.25, -0.2) is 0 Å². The average Bonchev–Trinajstić information content (AvgIpc) is 3.54. The molecule has 8 aliphatic rings. The Labute approximate surface area is 259 Å². The van der Waals surface area contributed by atoms with Crippen LogP contribution >= 0.6 is 0 Å². The largest absolute Gasteiger partial charge is 0.481 e. The van der Waals surface area contributed by atoms with Crippen molar-refractivity contribution in [1.82, 2.24) is 9.80 Å². The van der Waals surface area contributed by atoms with Crippen LogP contribution in [-0.2, 0) is 38.1 Å². The fraction of sp³-hybridized carbons (Fsp3) is 0.595. The number of nitrogens with zero attached hydrogens (tertiary/aromatic N) is 2. The second-order valence-corrected chi connectivity index (χ2v) is 15.0. The van der Waals surface area contributed by atoms with Gasteiger partial charge in [0, 0.05) is 60.4 Å². The molecule has 4 bridgehead atoms. The van der Waals surface area contributed by atoms with Gasteiger partial charge in [-0.1, -0.05) is 24.3 Å². The van der Waals surface area contributed by atoms with Crippen molar-refractivity contribution in [3.63, 3.8) is 0 Å². The lowest BCUT2D eigenvalue weighted by Gasteiger charge is -2.57. The summed E-state index contributed by atoms with van der Waals surface area (Å²) in [6.07, 6.45) is 6.63. The van der Waals surface area contributed by atoms with Gasteiger partial charge in [-0.15, -0.1) is 0 Å². The van der Waals surface area contributed by atoms with Gasteiger partial charge >= 0.3 is 0 Å². The van der Waals surface area contributed by atoms with Crippen LogP contribution in [0.2, 0.25) is 0 Å². The molecule has 230 valence electrons. The number of hydrogen-bond donors (Lipinski definition) is 0. The highest BCUT2D eigenvalue weighted by Crippen LogP contribution is 2.63. The fourth-order valence-corrected chi connectivity index (χ4v) is 11.5. The molecule has 8 atom stereocenters. The van der Waals surface area contributed by atoms with Crippen molar-refractivity contribution in [1.29, 1.82) is 0 Å². The standard InChI is InChI=1S/C19H21NO3.C18H21NO2/c1-10-3-4-12-9-14-13-5-6-15(22)18-19(13,16(12)17(10)23-18)7-8-20(14)11(2)21;1-10-3-4-11-9-13-12-5-6-14(20)17-18(12,7-8-19(13)2)15(11)16(10)21-17/h3-4,13-14,18H,5-9H2,1-2H3;3-4,12-13,17H,5-9H2,1-2H3/t13-,14+,18-,19-;12-,13+,17-,18-/m00/s1. The molecule has 0 N–H and O–H groups in total. The third-order valence-corrected chi connectivity index (χ3v) is 13.3. The Morgan fingerprint density at radius 2 is 1.27 bits per heavy atom. The maximum atomic E-state index is 12.6. The minimum atomic E-state index is -0.326. The number of amides is 1. The van der Waals surface area contributed by atoms with E-state index in [9.17, 15) is 14.4 Å². The monoisotopic (exact) mass is 594 g/mol. The molecule has 4 aliphatic carbocycles. The van der Waals surface area contributed by atoms with Crippen LogP contribution in [0.5, 0.6) is 11.5 Å². The van der Waals surface area contributed by atoms with Gasteiger partial charge in [-0.2, -0.15) is 0 Å². The van der Waals surface area contributed by atoms with Crippen molar-refractivity contribution in [3.8, 4) is 11.5 Å². The fourth-order valence-electron chi connectivity index (χ4n) is 11.5. The van der Waals surface area contributed by atoms with Gasteiger partial charge in [0.1, 0.15) is 11.5 Å². The minimum absolute atomic E-state index is 0.0125. The molecule has 2 aromatic rings. The number of benzene rings is 2. The van der Waals surface area contributed by atoms with Crippen LogP contribution in [0.4, 0.5) is 0 Å². The molecule has 4 heterocycles. The summed E-state index contributed by atoms with van der Waals surface area (Å²) in [5.41, 5.74) is 7.57. The number of piperidine rings is 2. The molecule has 1 amide bonds. The lowest BCUT2D eigenvalue weighted by Crippen LogP contribution is -2.66. The van der Waals surface area contributed by atoms with Crippen molar-refractivity contribution in [2.45, 2.75) is 107 Å². The van der Waals surface area contributed by atoms with E-state index in [-0.39, 0.29) is 40.8 Å². The average molecular weight is 595 g/mol. The van der Waals surface area contributed by atoms with Crippen LogP contribution in [0, 0.1) is 25.7 Å². The van der Waals surface area contributed by atoms with Crippen LogP contribution in [0.1, 0.15) is 78.8 Å². The number of ketones is 2. The van der Waals surface area contributed by atoms with E-state index >= 15 is 0 Å². The highest BCUT2D eigenvalue weighted by atomic mass is 16.5. The predicted molar refractivity (Wildman–Crippen MR) is 164 cm³/mol. The zero-order chi connectivity index (χ0) is 30.3. The summed E-state index contributed by atoms with van der Waals surface area (Å²) in [6.45, 7) is 7.69. The summed E-state index contributed by atoms with van der Waals surface area (Å²) in [7, 11) is 2.25. The summed E-state index contributed by atoms with van der Waals surface area (Å²) >= 11 is 0. The summed E-state index contributed by atoms with van der Waals surface area (Å²) in [5, 5.41) is 0. The number of Topliss-reactive ketones (excluding diaryl/α,β-unsaturated/α-hetero) is 2. The summed E-state index contributed by atoms with van der Waals surface area (Å²) < 4.78 is 12.6. The molecule has 0 unspecified atom stereocenters. The number of ether oxygens (including phenoxy) is 2. The van der Waals surface area contributed by atoms with E-state index in [0.717, 1.165) is 68.7 Å². The Bertz CT molecular complexity index is 1670. The second kappa shape index (κ2) is 8.96. The first-order valence-electron chi connectivity index (χ1n) is 16.8. The van der Waals surface area contributed by atoms with Gasteiger partial charge < -0.3 is 19.3 Å². The van der Waals surface area contributed by atoms with Crippen LogP contribution in [0.3, 0.4) is 0 Å². The number of rotatable bonds is 0. The molecule has 7 heteroatoms. The second-order valence-electron chi connectivity index (χ2n) is 15.0. The Kier molecular flexibility index (Phi) is 5.53. The van der Waals surface area contributed by atoms with Gasteiger partial charge in [-0.3, -0.25) is 14.4 Å². The molecule has 44 heavy (non-hydrogen) atoms. The lowest BCUT2D eigenvalue weighted by atomic mass is 9.51. The molecule has 0 aromatic heterocycles. The molecule has 10 rings (SSSR count). The van der Waals surface area contributed by atoms with E-state index in [1.165, 1.54) is 27.8 Å². The molecule has 4 fully saturated rings. The van der Waals surface area contributed by atoms with E-state index < -0.39 is 0 Å². The maximum Gasteiger partial charge on any atom is 0.219 e. The lowest BCUT2D eigenvalue weighted by molar-refractivity contribution is -0.146. The van der Waals surface area contributed by atoms with Crippen LogP contribution in [-0.4, -0.2) is 71.7 Å². The molecule has 0 radical (unpaired) electrons. The quantitative estimate of drug-likeness (QED) is 0.451. The summed E-state index contributed by atoms with van der Waals surface area (Å²) in [5.74, 6) is 3.70. The first-order valence-corrected chi connectivity index (χ1v) is 16.8. The van der Waals surface area contributed by atoms with Gasteiger partial charge in [0.15, 0.2) is 23.8 Å². The molecule has 4 aliphatic heterocycles. The van der Waals surface area contributed by atoms with E-state index in [1.54, 1.807) is 6.92 Å². The zero-order valence-electron chi connectivity index (χ0n) is 26.3. The highest BCUT2D eigenvalue weighted by Gasteiger charge is 2.67. The molecule has 2 saturated carbocycles. The van der Waals surface area contributed by atoms with Crippen LogP contribution in [0.25, 0.3) is 0 Å². The SMILES string of the molecule is CC(=O)N1CC[C@]23c4c5ccc(C)c4O[C@H]2C(=O)CC[C@H]3[C@H]1C5.Cc1ccc2c3c1O[C@H]1C(=O)CC[C@H]4[C@@H](C2)N(C)CC[C@]314. The number of carbonyl (C=O) groups excluding carboxylic acids is 3. The molecule has 2 spiro atoms. The first-order chi connectivity index (χ1) is 21.2. The number of hydrogen-bond acceptors (Lipinski definition) is 6. The summed E-state index contributed by atoms with van der Waals surface area (Å²) in [4.78, 5) is 41.9. The van der Waals surface area contributed by atoms with Gasteiger partial charge in [-0.05, 0) is 100 Å². The molecule has 2 aromatic carbocycles. The van der Waals surface area contributed by atoms with Crippen molar-refractivity contribution in [3.05, 3.63) is 57.6 Å². The molecule has 2 saturated heterocycles. The normalized spacial score (nSPS) is 38.1. The number of carbonyl (C=O) groups is 3. The van der Waals surface area contributed by atoms with E-state index in [1.807, 2.05) is 4.90 Å². The Balaban J connectivity index is 0.000000123. The minimum Gasteiger partial charge on any atom is -0.481 e. The Hall–Kier alpha value is -3.19. The smallest absolute Gasteiger partial charge is 0.219 e. The number of aryl methyl sites for hydroxylation is 2. The molecular weight excluding hydrogens is 552 g/mol. The Morgan fingerprint density at radius 1 is 0.773 bits per heavy atom. The topological polar surface area (TPSA) is 76.1 Å². The number of likely N-dealkylation sites (N-methyl/N-ethyl adjacent to an activating group) is 1. The zero-order valence-corrected chi connectivity index (χ0v) is 26.3. The van der Waals surface area contributed by atoms with Crippen molar-refractivity contribution in [2.24, 2.45) is 11.8 Å². The van der Waals surface area contributed by atoms with Crippen molar-refractivity contribution < 1.29 is 23.9 Å². The maximum absolute atomic E-state index is 12.6.